The van der Waals surface area contributed by atoms with Gasteiger partial charge in [0.2, 0.25) is 0 Å². The molecule has 1 amide bonds. The lowest BCUT2D eigenvalue weighted by Gasteiger charge is -2.31. The molecule has 0 bridgehead atoms. The molecule has 166 valence electrons. The number of hydrogen-bond donors (Lipinski definition) is 0. The summed E-state index contributed by atoms with van der Waals surface area (Å²) in [6, 6.07) is 7.85. The number of pyridine rings is 1. The van der Waals surface area contributed by atoms with Crippen LogP contribution >= 0.6 is 11.6 Å². The number of halogens is 1. The van der Waals surface area contributed by atoms with Crippen molar-refractivity contribution in [1.29, 1.82) is 0 Å². The number of benzene rings is 1. The number of aryl methyl sites for hydroxylation is 2. The highest BCUT2D eigenvalue weighted by Crippen LogP contribution is 2.40. The molecule has 1 atom stereocenters. The van der Waals surface area contributed by atoms with Crippen molar-refractivity contribution in [2.24, 2.45) is 7.05 Å². The van der Waals surface area contributed by atoms with Crippen molar-refractivity contribution >= 4 is 28.9 Å². The number of anilines is 2. The van der Waals surface area contributed by atoms with E-state index in [-0.39, 0.29) is 12.0 Å². The van der Waals surface area contributed by atoms with Crippen molar-refractivity contribution in [3.63, 3.8) is 0 Å². The molecular weight excluding hydrogens is 430 g/mol. The third-order valence-corrected chi connectivity index (χ3v) is 6.16. The van der Waals surface area contributed by atoms with E-state index in [1.165, 1.54) is 0 Å². The first-order valence-corrected chi connectivity index (χ1v) is 11.0. The largest absolute Gasteiger partial charge is 0.490 e. The molecule has 4 heterocycles. The quantitative estimate of drug-likeness (QED) is 0.562. The molecule has 0 saturated carbocycles. The minimum Gasteiger partial charge on any atom is -0.490 e. The first-order chi connectivity index (χ1) is 15.5. The maximum absolute atomic E-state index is 12.7. The van der Waals surface area contributed by atoms with E-state index in [0.29, 0.717) is 37.1 Å². The second-order valence-corrected chi connectivity index (χ2v) is 8.49. The Morgan fingerprint density at radius 2 is 2.12 bits per heavy atom. The Labute approximate surface area is 191 Å². The number of imidazole rings is 1. The van der Waals surface area contributed by atoms with Crippen LogP contribution < -0.4 is 14.4 Å². The molecule has 2 aliphatic heterocycles. The zero-order valence-corrected chi connectivity index (χ0v) is 18.7. The SMILES string of the molecule is Cc1cc(N2CCOc3ccc(OC4CCN(C(=O)c5cn(C)cn5)C4)cc32)cnc1Cl. The molecule has 32 heavy (non-hydrogen) atoms. The Hall–Kier alpha value is -3.26. The zero-order valence-electron chi connectivity index (χ0n) is 18.0. The number of amides is 1. The first-order valence-electron chi connectivity index (χ1n) is 10.6. The monoisotopic (exact) mass is 453 g/mol. The minimum atomic E-state index is -0.0712. The zero-order chi connectivity index (χ0) is 22.2. The smallest absolute Gasteiger partial charge is 0.274 e. The number of ether oxygens (including phenoxy) is 2. The van der Waals surface area contributed by atoms with Gasteiger partial charge in [0.25, 0.3) is 5.91 Å². The van der Waals surface area contributed by atoms with Crippen molar-refractivity contribution < 1.29 is 14.3 Å². The van der Waals surface area contributed by atoms with Gasteiger partial charge in [0.15, 0.2) is 0 Å². The van der Waals surface area contributed by atoms with Gasteiger partial charge < -0.3 is 23.8 Å². The van der Waals surface area contributed by atoms with Crippen LogP contribution in [0.15, 0.2) is 43.0 Å². The number of fused-ring (bicyclic) bond motifs is 1. The molecule has 0 spiro atoms. The van der Waals surface area contributed by atoms with Gasteiger partial charge in [0.1, 0.15) is 35.1 Å². The molecule has 1 saturated heterocycles. The van der Waals surface area contributed by atoms with E-state index in [1.54, 1.807) is 28.2 Å². The molecule has 0 N–H and O–H groups in total. The van der Waals surface area contributed by atoms with Crippen molar-refractivity contribution in [2.45, 2.75) is 19.4 Å². The maximum atomic E-state index is 12.7. The molecule has 5 rings (SSSR count). The number of likely N-dealkylation sites (tertiary alicyclic amines) is 1. The standard InChI is InChI=1S/C23H24ClN5O3/c1-15-9-16(11-25-22(15)24)29-7-8-31-21-4-3-17(10-20(21)29)32-18-5-6-28(12-18)23(30)19-13-27(2)14-26-19/h3-4,9-11,13-14,18H,5-8,12H2,1-2H3. The fraction of sp³-hybridized carbons (Fsp3) is 0.348. The van der Waals surface area contributed by atoms with Crippen LogP contribution in [0.4, 0.5) is 11.4 Å². The van der Waals surface area contributed by atoms with Crippen LogP contribution in [0.2, 0.25) is 5.15 Å². The van der Waals surface area contributed by atoms with Crippen LogP contribution in [0.5, 0.6) is 11.5 Å². The van der Waals surface area contributed by atoms with E-state index in [4.69, 9.17) is 21.1 Å². The number of hydrogen-bond acceptors (Lipinski definition) is 6. The van der Waals surface area contributed by atoms with E-state index < -0.39 is 0 Å². The molecule has 0 aliphatic carbocycles. The summed E-state index contributed by atoms with van der Waals surface area (Å²) in [4.78, 5) is 25.1. The molecule has 1 unspecified atom stereocenters. The van der Waals surface area contributed by atoms with Crippen molar-refractivity contribution in [3.8, 4) is 11.5 Å². The number of rotatable bonds is 4. The van der Waals surface area contributed by atoms with Gasteiger partial charge in [0, 0.05) is 32.3 Å². The van der Waals surface area contributed by atoms with Crippen LogP contribution in [0.1, 0.15) is 22.5 Å². The summed E-state index contributed by atoms with van der Waals surface area (Å²) >= 11 is 6.11. The first kappa shape index (κ1) is 20.6. The van der Waals surface area contributed by atoms with Gasteiger partial charge in [-0.25, -0.2) is 9.97 Å². The molecule has 2 aromatic heterocycles. The van der Waals surface area contributed by atoms with Crippen LogP contribution in [0.25, 0.3) is 0 Å². The highest BCUT2D eigenvalue weighted by molar-refractivity contribution is 6.30. The summed E-state index contributed by atoms with van der Waals surface area (Å²) in [5, 5.41) is 0.505. The lowest BCUT2D eigenvalue weighted by atomic mass is 10.2. The summed E-state index contributed by atoms with van der Waals surface area (Å²) in [5.41, 5.74) is 3.27. The van der Waals surface area contributed by atoms with Crippen LogP contribution in [0.3, 0.4) is 0 Å². The second kappa shape index (κ2) is 8.35. The van der Waals surface area contributed by atoms with Crippen LogP contribution in [-0.4, -0.2) is 57.7 Å². The van der Waals surface area contributed by atoms with Gasteiger partial charge in [-0.15, -0.1) is 0 Å². The van der Waals surface area contributed by atoms with Crippen LogP contribution in [0, 0.1) is 6.92 Å². The molecule has 2 aliphatic rings. The van der Waals surface area contributed by atoms with Crippen molar-refractivity contribution in [3.05, 3.63) is 59.4 Å². The topological polar surface area (TPSA) is 72.7 Å². The lowest BCUT2D eigenvalue weighted by Crippen LogP contribution is -2.31. The Bertz CT molecular complexity index is 1160. The van der Waals surface area contributed by atoms with Gasteiger partial charge in [-0.1, -0.05) is 11.6 Å². The van der Waals surface area contributed by atoms with E-state index in [9.17, 15) is 4.79 Å². The van der Waals surface area contributed by atoms with Gasteiger partial charge in [0.05, 0.1) is 37.0 Å². The summed E-state index contributed by atoms with van der Waals surface area (Å²) in [5.74, 6) is 1.48. The van der Waals surface area contributed by atoms with E-state index in [2.05, 4.69) is 14.9 Å². The minimum absolute atomic E-state index is 0.0627. The van der Waals surface area contributed by atoms with Gasteiger partial charge in [-0.2, -0.15) is 0 Å². The molecule has 8 nitrogen and oxygen atoms in total. The van der Waals surface area contributed by atoms with Crippen LogP contribution in [-0.2, 0) is 7.05 Å². The summed E-state index contributed by atoms with van der Waals surface area (Å²) in [6.45, 7) is 4.41. The number of carbonyl (C=O) groups is 1. The Morgan fingerprint density at radius 3 is 2.91 bits per heavy atom. The van der Waals surface area contributed by atoms with Crippen molar-refractivity contribution in [2.75, 3.05) is 31.1 Å². The summed E-state index contributed by atoms with van der Waals surface area (Å²) in [7, 11) is 1.85. The molecule has 1 fully saturated rings. The van der Waals surface area contributed by atoms with Gasteiger partial charge in [-0.05, 0) is 30.7 Å². The Morgan fingerprint density at radius 1 is 1.25 bits per heavy atom. The number of aromatic nitrogens is 3. The fourth-order valence-corrected chi connectivity index (χ4v) is 4.22. The Balaban J connectivity index is 1.31. The van der Waals surface area contributed by atoms with Crippen molar-refractivity contribution in [1.82, 2.24) is 19.4 Å². The second-order valence-electron chi connectivity index (χ2n) is 8.13. The van der Waals surface area contributed by atoms with E-state index in [0.717, 1.165) is 34.9 Å². The average molecular weight is 454 g/mol. The Kier molecular flexibility index (Phi) is 5.38. The predicted molar refractivity (Wildman–Crippen MR) is 121 cm³/mol. The third-order valence-electron chi connectivity index (χ3n) is 5.76. The van der Waals surface area contributed by atoms with Gasteiger partial charge >= 0.3 is 0 Å². The summed E-state index contributed by atoms with van der Waals surface area (Å²) < 4.78 is 13.9. The lowest BCUT2D eigenvalue weighted by molar-refractivity contribution is 0.0767. The molecule has 9 heteroatoms. The molecular formula is C23H24ClN5O3. The maximum Gasteiger partial charge on any atom is 0.274 e. The normalized spacial score (nSPS) is 17.8. The number of carbonyl (C=O) groups excluding carboxylic acids is 1. The average Bonchev–Trinajstić information content (AvgIpc) is 3.44. The highest BCUT2D eigenvalue weighted by Gasteiger charge is 2.30. The fourth-order valence-electron chi connectivity index (χ4n) is 4.12. The molecule has 0 radical (unpaired) electrons. The molecule has 3 aromatic rings. The number of nitrogens with zero attached hydrogens (tertiary/aromatic N) is 5. The van der Waals surface area contributed by atoms with Gasteiger partial charge in [-0.3, -0.25) is 4.79 Å². The highest BCUT2D eigenvalue weighted by atomic mass is 35.5. The summed E-state index contributed by atoms with van der Waals surface area (Å²) in [6.07, 6.45) is 5.85. The molecule has 1 aromatic carbocycles. The van der Waals surface area contributed by atoms with E-state index in [1.807, 2.05) is 38.2 Å². The predicted octanol–water partition coefficient (Wildman–Crippen LogP) is 3.60. The van der Waals surface area contributed by atoms with E-state index >= 15 is 0 Å². The third kappa shape index (κ3) is 3.98.